The maximum atomic E-state index is 4.28. The van der Waals surface area contributed by atoms with Gasteiger partial charge in [0.25, 0.3) is 0 Å². The topological polar surface area (TPSA) is 37.8 Å². The van der Waals surface area contributed by atoms with E-state index in [0.717, 1.165) is 17.4 Å². The summed E-state index contributed by atoms with van der Waals surface area (Å²) in [5.74, 6) is 2.19. The average molecular weight is 249 g/mol. The molecule has 102 valence electrons. The maximum Gasteiger partial charge on any atom is 0.129 e. The minimum absolute atomic E-state index is 0.449. The van der Waals surface area contributed by atoms with Crippen LogP contribution in [-0.4, -0.2) is 16.0 Å². The number of nitrogens with one attached hydrogen (secondary N) is 1. The normalized spacial score (nSPS) is 13.1. The van der Waals surface area contributed by atoms with Gasteiger partial charge in [-0.25, -0.2) is 9.97 Å². The minimum atomic E-state index is 0.449. The van der Waals surface area contributed by atoms with E-state index in [0.29, 0.717) is 12.0 Å². The molecule has 1 rings (SSSR count). The predicted molar refractivity (Wildman–Crippen MR) is 77.9 cm³/mol. The summed E-state index contributed by atoms with van der Waals surface area (Å²) in [5, 5.41) is 3.46. The largest absolute Gasteiger partial charge is 0.368 e. The van der Waals surface area contributed by atoms with E-state index in [-0.39, 0.29) is 0 Å². The SMILES string of the molecule is CC(C)CCCC(C)Nc1cc(C(C)C)ncn1. The molecule has 0 aliphatic carbocycles. The van der Waals surface area contributed by atoms with E-state index in [1.807, 2.05) is 0 Å². The van der Waals surface area contributed by atoms with Crippen LogP contribution in [0.15, 0.2) is 12.4 Å². The van der Waals surface area contributed by atoms with Gasteiger partial charge in [0.2, 0.25) is 0 Å². The molecule has 0 amide bonds. The number of rotatable bonds is 7. The quantitative estimate of drug-likeness (QED) is 0.786. The van der Waals surface area contributed by atoms with Crippen LogP contribution < -0.4 is 5.32 Å². The van der Waals surface area contributed by atoms with Crippen LogP contribution in [-0.2, 0) is 0 Å². The van der Waals surface area contributed by atoms with Crippen molar-refractivity contribution < 1.29 is 0 Å². The first kappa shape index (κ1) is 14.9. The molecule has 1 aromatic heterocycles. The predicted octanol–water partition coefficient (Wildman–Crippen LogP) is 4.23. The minimum Gasteiger partial charge on any atom is -0.368 e. The van der Waals surface area contributed by atoms with Crippen molar-refractivity contribution in [2.45, 2.75) is 65.8 Å². The Bertz CT molecular complexity index is 347. The highest BCUT2D eigenvalue weighted by atomic mass is 15.0. The summed E-state index contributed by atoms with van der Waals surface area (Å²) >= 11 is 0. The fourth-order valence-electron chi connectivity index (χ4n) is 1.92. The van der Waals surface area contributed by atoms with Gasteiger partial charge in [-0.05, 0) is 25.2 Å². The monoisotopic (exact) mass is 249 g/mol. The zero-order chi connectivity index (χ0) is 13.5. The van der Waals surface area contributed by atoms with Crippen molar-refractivity contribution in [1.82, 2.24) is 9.97 Å². The molecule has 0 bridgehead atoms. The number of nitrogens with zero attached hydrogens (tertiary/aromatic N) is 2. The third-order valence-electron chi connectivity index (χ3n) is 3.09. The molecule has 0 aliphatic heterocycles. The first-order valence-electron chi connectivity index (χ1n) is 7.07. The molecule has 0 aliphatic rings. The molecule has 3 heteroatoms. The average Bonchev–Trinajstić information content (AvgIpc) is 2.28. The van der Waals surface area contributed by atoms with Gasteiger partial charge < -0.3 is 5.32 Å². The molecule has 1 N–H and O–H groups in total. The molecule has 18 heavy (non-hydrogen) atoms. The molecular formula is C15H27N3. The van der Waals surface area contributed by atoms with Crippen LogP contribution in [0.3, 0.4) is 0 Å². The van der Waals surface area contributed by atoms with Crippen molar-refractivity contribution in [2.75, 3.05) is 5.32 Å². The van der Waals surface area contributed by atoms with Crippen molar-refractivity contribution >= 4 is 5.82 Å². The van der Waals surface area contributed by atoms with Gasteiger partial charge in [-0.3, -0.25) is 0 Å². The van der Waals surface area contributed by atoms with Gasteiger partial charge >= 0.3 is 0 Å². The summed E-state index contributed by atoms with van der Waals surface area (Å²) in [7, 11) is 0. The fraction of sp³-hybridized carbons (Fsp3) is 0.733. The van der Waals surface area contributed by atoms with Crippen LogP contribution in [0.2, 0.25) is 0 Å². The molecule has 0 aromatic carbocycles. The maximum absolute atomic E-state index is 4.28. The molecule has 1 unspecified atom stereocenters. The second-order valence-electron chi connectivity index (χ2n) is 5.85. The summed E-state index contributed by atoms with van der Waals surface area (Å²) in [6, 6.07) is 2.53. The number of hydrogen-bond donors (Lipinski definition) is 1. The van der Waals surface area contributed by atoms with Crippen LogP contribution in [0, 0.1) is 5.92 Å². The summed E-state index contributed by atoms with van der Waals surface area (Å²) in [6.45, 7) is 11.1. The lowest BCUT2D eigenvalue weighted by Gasteiger charge is -2.15. The Morgan fingerprint density at radius 1 is 1.06 bits per heavy atom. The molecule has 1 atom stereocenters. The Labute approximate surface area is 111 Å². The molecule has 1 heterocycles. The Hall–Kier alpha value is -1.12. The third-order valence-corrected chi connectivity index (χ3v) is 3.09. The standard InChI is InChI=1S/C15H27N3/c1-11(2)7-6-8-13(5)18-15-9-14(12(3)4)16-10-17-15/h9-13H,6-8H2,1-5H3,(H,16,17,18). The van der Waals surface area contributed by atoms with Crippen LogP contribution in [0.25, 0.3) is 0 Å². The van der Waals surface area contributed by atoms with Gasteiger partial charge in [0, 0.05) is 17.8 Å². The second-order valence-corrected chi connectivity index (χ2v) is 5.85. The van der Waals surface area contributed by atoms with Crippen molar-refractivity contribution in [2.24, 2.45) is 5.92 Å². The van der Waals surface area contributed by atoms with Gasteiger partial charge in [0.05, 0.1) is 0 Å². The lowest BCUT2D eigenvalue weighted by molar-refractivity contribution is 0.520. The highest BCUT2D eigenvalue weighted by Gasteiger charge is 2.06. The zero-order valence-electron chi connectivity index (χ0n) is 12.4. The van der Waals surface area contributed by atoms with Crippen molar-refractivity contribution in [3.05, 3.63) is 18.1 Å². The first-order chi connectivity index (χ1) is 8.49. The number of aromatic nitrogens is 2. The Balaban J connectivity index is 2.43. The fourth-order valence-corrected chi connectivity index (χ4v) is 1.92. The first-order valence-corrected chi connectivity index (χ1v) is 7.07. The number of anilines is 1. The summed E-state index contributed by atoms with van der Waals surface area (Å²) in [5.41, 5.74) is 1.10. The van der Waals surface area contributed by atoms with Gasteiger partial charge in [-0.1, -0.05) is 40.5 Å². The van der Waals surface area contributed by atoms with Gasteiger partial charge in [0.15, 0.2) is 0 Å². The van der Waals surface area contributed by atoms with Gasteiger partial charge in [-0.15, -0.1) is 0 Å². The van der Waals surface area contributed by atoms with Crippen LogP contribution in [0.5, 0.6) is 0 Å². The third kappa shape index (κ3) is 5.48. The lowest BCUT2D eigenvalue weighted by atomic mass is 10.0. The molecule has 1 aromatic rings. The molecular weight excluding hydrogens is 222 g/mol. The van der Waals surface area contributed by atoms with Crippen LogP contribution in [0.1, 0.15) is 65.5 Å². The molecule has 0 saturated carbocycles. The van der Waals surface area contributed by atoms with E-state index in [1.165, 1.54) is 19.3 Å². The van der Waals surface area contributed by atoms with E-state index in [1.54, 1.807) is 6.33 Å². The van der Waals surface area contributed by atoms with Crippen molar-refractivity contribution in [3.8, 4) is 0 Å². The van der Waals surface area contributed by atoms with E-state index < -0.39 is 0 Å². The van der Waals surface area contributed by atoms with Gasteiger partial charge in [0.1, 0.15) is 12.1 Å². The Kier molecular flexibility index (Phi) is 6.10. The summed E-state index contributed by atoms with van der Waals surface area (Å²) < 4.78 is 0. The molecule has 0 radical (unpaired) electrons. The molecule has 0 saturated heterocycles. The molecule has 0 fully saturated rings. The van der Waals surface area contributed by atoms with E-state index in [4.69, 9.17) is 0 Å². The Morgan fingerprint density at radius 2 is 1.78 bits per heavy atom. The smallest absolute Gasteiger partial charge is 0.129 e. The highest BCUT2D eigenvalue weighted by Crippen LogP contribution is 2.16. The lowest BCUT2D eigenvalue weighted by Crippen LogP contribution is -2.16. The molecule has 0 spiro atoms. The number of hydrogen-bond acceptors (Lipinski definition) is 3. The van der Waals surface area contributed by atoms with E-state index in [9.17, 15) is 0 Å². The van der Waals surface area contributed by atoms with Gasteiger partial charge in [-0.2, -0.15) is 0 Å². The highest BCUT2D eigenvalue weighted by molar-refractivity contribution is 5.36. The van der Waals surface area contributed by atoms with E-state index >= 15 is 0 Å². The van der Waals surface area contributed by atoms with Crippen LogP contribution >= 0.6 is 0 Å². The van der Waals surface area contributed by atoms with E-state index in [2.05, 4.69) is 56.0 Å². The molecule has 3 nitrogen and oxygen atoms in total. The zero-order valence-corrected chi connectivity index (χ0v) is 12.4. The van der Waals surface area contributed by atoms with Crippen LogP contribution in [0.4, 0.5) is 5.82 Å². The van der Waals surface area contributed by atoms with Crippen molar-refractivity contribution in [1.29, 1.82) is 0 Å². The summed E-state index contributed by atoms with van der Waals surface area (Å²) in [6.07, 6.45) is 5.42. The summed E-state index contributed by atoms with van der Waals surface area (Å²) in [4.78, 5) is 8.56. The van der Waals surface area contributed by atoms with Crippen molar-refractivity contribution in [3.63, 3.8) is 0 Å². The second kappa shape index (κ2) is 7.34. The Morgan fingerprint density at radius 3 is 2.39 bits per heavy atom.